The third-order valence-corrected chi connectivity index (χ3v) is 6.68. The Hall–Kier alpha value is -1.16. The zero-order chi connectivity index (χ0) is 18.7. The summed E-state index contributed by atoms with van der Waals surface area (Å²) in [6.07, 6.45) is 1.98. The molecule has 2 aliphatic rings. The predicted octanol–water partition coefficient (Wildman–Crippen LogP) is 2.03. The summed E-state index contributed by atoms with van der Waals surface area (Å²) in [7, 11) is 0. The minimum absolute atomic E-state index is 0.0863. The number of carboxylic acid groups (broad SMARTS) is 1. The summed E-state index contributed by atoms with van der Waals surface area (Å²) >= 11 is 2.85. The van der Waals surface area contributed by atoms with Crippen LogP contribution >= 0.6 is 23.1 Å². The van der Waals surface area contributed by atoms with E-state index in [0.29, 0.717) is 13.0 Å². The Morgan fingerprint density at radius 2 is 2.15 bits per heavy atom. The molecule has 26 heavy (non-hydrogen) atoms. The minimum Gasteiger partial charge on any atom is -0.476 e. The molecule has 144 valence electrons. The second-order valence-corrected chi connectivity index (χ2v) is 9.11. The SMILES string of the molecule is CC1CN(C[C@H]2CCC(=O)N2CCSc2nc(C(=O)O)cs2)CC(C)O1. The highest BCUT2D eigenvalue weighted by molar-refractivity contribution is 8.01. The van der Waals surface area contributed by atoms with E-state index in [1.165, 1.54) is 23.1 Å². The molecular weight excluding hydrogens is 374 g/mol. The van der Waals surface area contributed by atoms with Crippen LogP contribution in [0.2, 0.25) is 0 Å². The van der Waals surface area contributed by atoms with Gasteiger partial charge < -0.3 is 14.7 Å². The van der Waals surface area contributed by atoms with Crippen molar-refractivity contribution in [2.75, 3.05) is 31.9 Å². The lowest BCUT2D eigenvalue weighted by Crippen LogP contribution is -2.50. The summed E-state index contributed by atoms with van der Waals surface area (Å²) in [6.45, 7) is 7.58. The highest BCUT2D eigenvalue weighted by Gasteiger charge is 2.33. The van der Waals surface area contributed by atoms with Gasteiger partial charge in [0.15, 0.2) is 10.0 Å². The molecule has 3 rings (SSSR count). The molecule has 0 radical (unpaired) electrons. The summed E-state index contributed by atoms with van der Waals surface area (Å²) in [5.74, 6) is -0.0581. The molecule has 1 amide bonds. The first-order valence-corrected chi connectivity index (χ1v) is 10.8. The van der Waals surface area contributed by atoms with Crippen molar-refractivity contribution in [1.82, 2.24) is 14.8 Å². The zero-order valence-electron chi connectivity index (χ0n) is 15.1. The number of rotatable bonds is 7. The smallest absolute Gasteiger partial charge is 0.355 e. The molecule has 7 nitrogen and oxygen atoms in total. The molecule has 3 atom stereocenters. The normalized spacial score (nSPS) is 27.2. The molecule has 9 heteroatoms. The van der Waals surface area contributed by atoms with Gasteiger partial charge in [-0.05, 0) is 20.3 Å². The summed E-state index contributed by atoms with van der Waals surface area (Å²) < 4.78 is 6.53. The van der Waals surface area contributed by atoms with Crippen LogP contribution in [0.15, 0.2) is 9.72 Å². The van der Waals surface area contributed by atoms with Gasteiger partial charge in [0.25, 0.3) is 0 Å². The first-order valence-electron chi connectivity index (χ1n) is 8.91. The molecule has 0 bridgehead atoms. The number of thioether (sulfide) groups is 1. The second kappa shape index (κ2) is 8.69. The number of morpholine rings is 1. The van der Waals surface area contributed by atoms with Gasteiger partial charge >= 0.3 is 5.97 Å². The van der Waals surface area contributed by atoms with Gasteiger partial charge in [-0.15, -0.1) is 11.3 Å². The fourth-order valence-corrected chi connectivity index (χ4v) is 5.48. The molecule has 0 aliphatic carbocycles. The topological polar surface area (TPSA) is 83.0 Å². The van der Waals surface area contributed by atoms with Gasteiger partial charge in [-0.25, -0.2) is 9.78 Å². The number of aromatic nitrogens is 1. The van der Waals surface area contributed by atoms with Crippen LogP contribution in [0.4, 0.5) is 0 Å². The van der Waals surface area contributed by atoms with Gasteiger partial charge in [0.05, 0.1) is 12.2 Å². The van der Waals surface area contributed by atoms with Crippen LogP contribution in [-0.2, 0) is 9.53 Å². The lowest BCUT2D eigenvalue weighted by Gasteiger charge is -2.38. The number of carbonyl (C=O) groups excluding carboxylic acids is 1. The van der Waals surface area contributed by atoms with E-state index in [2.05, 4.69) is 23.7 Å². The number of ether oxygens (including phenoxy) is 1. The van der Waals surface area contributed by atoms with Crippen molar-refractivity contribution in [3.05, 3.63) is 11.1 Å². The Balaban J connectivity index is 1.50. The summed E-state index contributed by atoms with van der Waals surface area (Å²) in [6, 6.07) is 0.256. The molecule has 3 heterocycles. The number of carboxylic acids is 1. The number of thiazole rings is 1. The summed E-state index contributed by atoms with van der Waals surface area (Å²) in [5, 5.41) is 10.5. The Bertz CT molecular complexity index is 644. The van der Waals surface area contributed by atoms with E-state index in [9.17, 15) is 9.59 Å². The summed E-state index contributed by atoms with van der Waals surface area (Å²) in [4.78, 5) is 31.6. The highest BCUT2D eigenvalue weighted by Crippen LogP contribution is 2.26. The van der Waals surface area contributed by atoms with Gasteiger partial charge in [0, 0.05) is 49.8 Å². The van der Waals surface area contributed by atoms with Crippen molar-refractivity contribution in [2.45, 2.75) is 49.3 Å². The fraction of sp³-hybridized carbons (Fsp3) is 0.706. The molecule has 0 aromatic carbocycles. The van der Waals surface area contributed by atoms with E-state index >= 15 is 0 Å². The van der Waals surface area contributed by atoms with Crippen LogP contribution in [0.3, 0.4) is 0 Å². The van der Waals surface area contributed by atoms with E-state index in [1.54, 1.807) is 5.38 Å². The molecule has 0 spiro atoms. The number of nitrogens with zero attached hydrogens (tertiary/aromatic N) is 3. The second-order valence-electron chi connectivity index (χ2n) is 6.91. The first kappa shape index (κ1) is 19.6. The largest absolute Gasteiger partial charge is 0.476 e. The molecular formula is C17H25N3O4S2. The van der Waals surface area contributed by atoms with Gasteiger partial charge in [0.1, 0.15) is 0 Å². The first-order chi connectivity index (χ1) is 12.4. The van der Waals surface area contributed by atoms with Crippen LogP contribution in [0.1, 0.15) is 37.2 Å². The Morgan fingerprint density at radius 3 is 2.81 bits per heavy atom. The Kier molecular flexibility index (Phi) is 6.55. The minimum atomic E-state index is -1.00. The average Bonchev–Trinajstić information content (AvgIpc) is 3.16. The Labute approximate surface area is 161 Å². The zero-order valence-corrected chi connectivity index (χ0v) is 16.7. The number of amides is 1. The molecule has 2 unspecified atom stereocenters. The number of hydrogen-bond acceptors (Lipinski definition) is 7. The van der Waals surface area contributed by atoms with E-state index in [0.717, 1.165) is 36.1 Å². The van der Waals surface area contributed by atoms with E-state index in [1.807, 2.05) is 4.90 Å². The Morgan fingerprint density at radius 1 is 1.42 bits per heavy atom. The maximum absolute atomic E-state index is 12.3. The highest BCUT2D eigenvalue weighted by atomic mass is 32.2. The van der Waals surface area contributed by atoms with E-state index in [4.69, 9.17) is 9.84 Å². The standard InChI is InChI=1S/C17H25N3O4S2/c1-11-7-19(8-12(2)24-11)9-13-3-4-15(21)20(13)5-6-25-17-18-14(10-26-17)16(22)23/h10-13H,3-9H2,1-2H3,(H,22,23)/t11?,12?,13-/m1/s1. The molecule has 1 aromatic rings. The lowest BCUT2D eigenvalue weighted by molar-refractivity contribution is -0.129. The molecule has 1 aromatic heterocycles. The van der Waals surface area contributed by atoms with Crippen molar-refractivity contribution in [3.8, 4) is 0 Å². The number of aromatic carboxylic acids is 1. The van der Waals surface area contributed by atoms with E-state index < -0.39 is 5.97 Å². The van der Waals surface area contributed by atoms with Gasteiger partial charge in [0.2, 0.25) is 5.91 Å². The van der Waals surface area contributed by atoms with Crippen LogP contribution < -0.4 is 0 Å². The van der Waals surface area contributed by atoms with Gasteiger partial charge in [-0.2, -0.15) is 0 Å². The maximum atomic E-state index is 12.3. The number of likely N-dealkylation sites (tertiary alicyclic amines) is 1. The van der Waals surface area contributed by atoms with Crippen molar-refractivity contribution >= 4 is 35.0 Å². The third kappa shape index (κ3) is 4.97. The lowest BCUT2D eigenvalue weighted by atomic mass is 10.1. The molecule has 2 fully saturated rings. The third-order valence-electron chi connectivity index (χ3n) is 4.68. The predicted molar refractivity (Wildman–Crippen MR) is 101 cm³/mol. The van der Waals surface area contributed by atoms with Crippen molar-refractivity contribution < 1.29 is 19.4 Å². The van der Waals surface area contributed by atoms with Crippen LogP contribution in [0, 0.1) is 0 Å². The maximum Gasteiger partial charge on any atom is 0.355 e. The molecule has 2 aliphatic heterocycles. The van der Waals surface area contributed by atoms with E-state index in [-0.39, 0.29) is 29.9 Å². The average molecular weight is 400 g/mol. The molecule has 2 saturated heterocycles. The van der Waals surface area contributed by atoms with Crippen molar-refractivity contribution in [3.63, 3.8) is 0 Å². The summed E-state index contributed by atoms with van der Waals surface area (Å²) in [5.41, 5.74) is 0.0863. The van der Waals surface area contributed by atoms with Crippen LogP contribution in [0.5, 0.6) is 0 Å². The van der Waals surface area contributed by atoms with Crippen molar-refractivity contribution in [1.29, 1.82) is 0 Å². The van der Waals surface area contributed by atoms with Crippen LogP contribution in [-0.4, -0.2) is 81.9 Å². The number of hydrogen-bond donors (Lipinski definition) is 1. The van der Waals surface area contributed by atoms with Crippen molar-refractivity contribution in [2.24, 2.45) is 0 Å². The number of carbonyl (C=O) groups is 2. The van der Waals surface area contributed by atoms with Gasteiger partial charge in [-0.1, -0.05) is 11.8 Å². The fourth-order valence-electron chi connectivity index (χ4n) is 3.67. The van der Waals surface area contributed by atoms with Gasteiger partial charge in [-0.3, -0.25) is 9.69 Å². The quantitative estimate of drug-likeness (QED) is 0.703. The monoisotopic (exact) mass is 399 g/mol. The molecule has 1 N–H and O–H groups in total. The van der Waals surface area contributed by atoms with Crippen LogP contribution in [0.25, 0.3) is 0 Å². The molecule has 0 saturated carbocycles.